The first-order valence-corrected chi connectivity index (χ1v) is 13.2. The topological polar surface area (TPSA) is 86.8 Å². The van der Waals surface area contributed by atoms with E-state index in [4.69, 9.17) is 0 Å². The largest absolute Gasteiger partial charge is 0.354 e. The molecule has 9 heteroatoms. The van der Waals surface area contributed by atoms with Crippen LogP contribution in [0.5, 0.6) is 0 Å². The SMILES string of the molecule is CCCNC(=O)[C@@H](CC)N(Cc1ccc(F)cc1)C(=O)CN(c1c(C)cccc1C)S(C)(=O)=O. The summed E-state index contributed by atoms with van der Waals surface area (Å²) in [5.74, 6) is -1.23. The summed E-state index contributed by atoms with van der Waals surface area (Å²) < 4.78 is 40.0. The number of halogens is 1. The number of rotatable bonds is 11. The Bertz CT molecular complexity index is 1080. The highest BCUT2D eigenvalue weighted by atomic mass is 32.2. The molecule has 0 fully saturated rings. The van der Waals surface area contributed by atoms with E-state index < -0.39 is 34.3 Å². The minimum Gasteiger partial charge on any atom is -0.354 e. The molecule has 0 spiro atoms. The molecule has 1 N–H and O–H groups in total. The van der Waals surface area contributed by atoms with E-state index in [1.165, 1.54) is 17.0 Å². The lowest BCUT2D eigenvalue weighted by atomic mass is 10.1. The van der Waals surface area contributed by atoms with Crippen molar-refractivity contribution in [2.75, 3.05) is 23.7 Å². The van der Waals surface area contributed by atoms with Crippen LogP contribution in [0.25, 0.3) is 0 Å². The van der Waals surface area contributed by atoms with Crippen molar-refractivity contribution in [2.24, 2.45) is 0 Å². The molecule has 0 unspecified atom stereocenters. The summed E-state index contributed by atoms with van der Waals surface area (Å²) in [6.07, 6.45) is 2.13. The molecule has 0 bridgehead atoms. The third kappa shape index (κ3) is 7.03. The van der Waals surface area contributed by atoms with Crippen LogP contribution >= 0.6 is 0 Å². The van der Waals surface area contributed by atoms with Crippen LogP contribution in [0.15, 0.2) is 42.5 Å². The number of carbonyl (C=O) groups excluding carboxylic acids is 2. The first-order chi connectivity index (χ1) is 16.0. The number of para-hydroxylation sites is 1. The van der Waals surface area contributed by atoms with Gasteiger partial charge in [-0.25, -0.2) is 12.8 Å². The van der Waals surface area contributed by atoms with E-state index in [1.54, 1.807) is 45.0 Å². The summed E-state index contributed by atoms with van der Waals surface area (Å²) in [7, 11) is -3.80. The molecule has 0 heterocycles. The Labute approximate surface area is 202 Å². The van der Waals surface area contributed by atoms with Crippen molar-refractivity contribution in [1.29, 1.82) is 0 Å². The summed E-state index contributed by atoms with van der Waals surface area (Å²) in [6, 6.07) is 10.3. The Hall–Kier alpha value is -2.94. The van der Waals surface area contributed by atoms with Crippen LogP contribution in [0.1, 0.15) is 43.4 Å². The van der Waals surface area contributed by atoms with Crippen molar-refractivity contribution < 1.29 is 22.4 Å². The maximum atomic E-state index is 13.6. The minimum atomic E-state index is -3.80. The molecule has 0 saturated heterocycles. The Morgan fingerprint density at radius 3 is 2.12 bits per heavy atom. The highest BCUT2D eigenvalue weighted by Crippen LogP contribution is 2.27. The number of carbonyl (C=O) groups is 2. The van der Waals surface area contributed by atoms with Crippen LogP contribution in [-0.4, -0.2) is 50.5 Å². The van der Waals surface area contributed by atoms with Gasteiger partial charge in [-0.05, 0) is 55.5 Å². The summed E-state index contributed by atoms with van der Waals surface area (Å²) in [4.78, 5) is 27.9. The Balaban J connectivity index is 2.47. The molecule has 1 atom stereocenters. The second kappa shape index (κ2) is 12.0. The zero-order chi connectivity index (χ0) is 25.5. The fourth-order valence-electron chi connectivity index (χ4n) is 3.85. The maximum Gasteiger partial charge on any atom is 0.244 e. The number of benzene rings is 2. The van der Waals surface area contributed by atoms with E-state index in [2.05, 4.69) is 5.32 Å². The predicted octanol–water partition coefficient (Wildman–Crippen LogP) is 3.54. The molecular weight excluding hydrogens is 457 g/mol. The van der Waals surface area contributed by atoms with Crippen molar-refractivity contribution in [3.8, 4) is 0 Å². The van der Waals surface area contributed by atoms with Gasteiger partial charge >= 0.3 is 0 Å². The van der Waals surface area contributed by atoms with Gasteiger partial charge in [0.25, 0.3) is 0 Å². The fourth-order valence-corrected chi connectivity index (χ4v) is 4.81. The molecule has 0 aliphatic rings. The lowest BCUT2D eigenvalue weighted by Crippen LogP contribution is -2.52. The van der Waals surface area contributed by atoms with Gasteiger partial charge in [0.15, 0.2) is 0 Å². The van der Waals surface area contributed by atoms with Crippen LogP contribution in [0.4, 0.5) is 10.1 Å². The van der Waals surface area contributed by atoms with Crippen LogP contribution in [0.2, 0.25) is 0 Å². The minimum absolute atomic E-state index is 0.0432. The number of hydrogen-bond acceptors (Lipinski definition) is 4. The van der Waals surface area contributed by atoms with Gasteiger partial charge in [-0.3, -0.25) is 13.9 Å². The number of aryl methyl sites for hydroxylation is 2. The lowest BCUT2D eigenvalue weighted by Gasteiger charge is -2.33. The van der Waals surface area contributed by atoms with Gasteiger partial charge in [0.1, 0.15) is 18.4 Å². The van der Waals surface area contributed by atoms with E-state index in [-0.39, 0.29) is 12.5 Å². The van der Waals surface area contributed by atoms with Crippen LogP contribution < -0.4 is 9.62 Å². The van der Waals surface area contributed by atoms with Crippen LogP contribution in [0.3, 0.4) is 0 Å². The van der Waals surface area contributed by atoms with Crippen LogP contribution in [-0.2, 0) is 26.2 Å². The van der Waals surface area contributed by atoms with Crippen molar-refractivity contribution in [3.63, 3.8) is 0 Å². The standard InChI is InChI=1S/C25H34FN3O4S/c1-6-15-27-25(31)22(7-2)28(16-20-11-13-21(26)14-12-20)23(30)17-29(34(5,32)33)24-18(3)9-8-10-19(24)4/h8-14,22H,6-7,15-17H2,1-5H3,(H,27,31)/t22-/m1/s1. The number of anilines is 1. The van der Waals surface area contributed by atoms with Gasteiger partial charge in [-0.2, -0.15) is 0 Å². The van der Waals surface area contributed by atoms with E-state index >= 15 is 0 Å². The number of nitrogens with one attached hydrogen (secondary N) is 1. The average molecular weight is 492 g/mol. The third-order valence-corrected chi connectivity index (χ3v) is 6.68. The quantitative estimate of drug-likeness (QED) is 0.521. The molecule has 2 aromatic rings. The molecule has 0 aromatic heterocycles. The molecule has 2 rings (SSSR count). The predicted molar refractivity (Wildman–Crippen MR) is 132 cm³/mol. The summed E-state index contributed by atoms with van der Waals surface area (Å²) in [5.41, 5.74) is 2.52. The van der Waals surface area contributed by atoms with Gasteiger partial charge in [-0.1, -0.05) is 44.2 Å². The van der Waals surface area contributed by atoms with Gasteiger partial charge < -0.3 is 10.2 Å². The molecule has 0 radical (unpaired) electrons. The highest BCUT2D eigenvalue weighted by molar-refractivity contribution is 7.92. The van der Waals surface area contributed by atoms with Gasteiger partial charge in [-0.15, -0.1) is 0 Å². The van der Waals surface area contributed by atoms with Crippen LogP contribution in [0, 0.1) is 19.7 Å². The molecule has 2 amide bonds. The number of amides is 2. The number of hydrogen-bond donors (Lipinski definition) is 1. The first kappa shape index (κ1) is 27.3. The molecule has 7 nitrogen and oxygen atoms in total. The Morgan fingerprint density at radius 1 is 1.03 bits per heavy atom. The Morgan fingerprint density at radius 2 is 1.62 bits per heavy atom. The van der Waals surface area contributed by atoms with Crippen molar-refractivity contribution >= 4 is 27.5 Å². The maximum absolute atomic E-state index is 13.6. The second-order valence-electron chi connectivity index (χ2n) is 8.37. The monoisotopic (exact) mass is 491 g/mol. The lowest BCUT2D eigenvalue weighted by molar-refractivity contribution is -0.140. The van der Waals surface area contributed by atoms with Crippen molar-refractivity contribution in [3.05, 3.63) is 65.0 Å². The van der Waals surface area contributed by atoms with E-state index in [1.807, 2.05) is 13.0 Å². The average Bonchev–Trinajstić information content (AvgIpc) is 2.77. The third-order valence-electron chi connectivity index (χ3n) is 5.57. The number of nitrogens with zero attached hydrogens (tertiary/aromatic N) is 2. The molecule has 2 aromatic carbocycles. The smallest absolute Gasteiger partial charge is 0.244 e. The van der Waals surface area contributed by atoms with E-state index in [0.29, 0.717) is 24.2 Å². The zero-order valence-corrected chi connectivity index (χ0v) is 21.3. The van der Waals surface area contributed by atoms with Gasteiger partial charge in [0, 0.05) is 13.1 Å². The molecule has 34 heavy (non-hydrogen) atoms. The summed E-state index contributed by atoms with van der Waals surface area (Å²) >= 11 is 0. The Kier molecular flexibility index (Phi) is 9.61. The van der Waals surface area contributed by atoms with Gasteiger partial charge in [0.2, 0.25) is 21.8 Å². The van der Waals surface area contributed by atoms with E-state index in [9.17, 15) is 22.4 Å². The van der Waals surface area contributed by atoms with E-state index in [0.717, 1.165) is 28.1 Å². The highest BCUT2D eigenvalue weighted by Gasteiger charge is 2.32. The normalized spacial score (nSPS) is 12.2. The summed E-state index contributed by atoms with van der Waals surface area (Å²) in [5, 5.41) is 2.82. The second-order valence-corrected chi connectivity index (χ2v) is 10.3. The zero-order valence-electron chi connectivity index (χ0n) is 20.5. The molecular formula is C25H34FN3O4S. The molecule has 0 saturated carbocycles. The first-order valence-electron chi connectivity index (χ1n) is 11.3. The summed E-state index contributed by atoms with van der Waals surface area (Å²) in [6.45, 7) is 7.34. The molecule has 0 aliphatic heterocycles. The fraction of sp³-hybridized carbons (Fsp3) is 0.440. The number of sulfonamides is 1. The van der Waals surface area contributed by atoms with Gasteiger partial charge in [0.05, 0.1) is 11.9 Å². The van der Waals surface area contributed by atoms with Crippen molar-refractivity contribution in [2.45, 2.75) is 53.1 Å². The van der Waals surface area contributed by atoms with Crippen molar-refractivity contribution in [1.82, 2.24) is 10.2 Å². The molecule has 186 valence electrons. The molecule has 0 aliphatic carbocycles.